The molecule has 0 aliphatic rings. The molecule has 0 radical (unpaired) electrons. The highest BCUT2D eigenvalue weighted by Gasteiger charge is 2.20. The van der Waals surface area contributed by atoms with Gasteiger partial charge in [-0.15, -0.1) is 0 Å². The number of carbonyl (C=O) groups excluding carboxylic acids is 2. The van der Waals surface area contributed by atoms with Crippen molar-refractivity contribution in [3.05, 3.63) is 59.3 Å². The molecule has 2 aromatic heterocycles. The Morgan fingerprint density at radius 2 is 1.85 bits per heavy atom. The van der Waals surface area contributed by atoms with Gasteiger partial charge in [-0.2, -0.15) is 14.6 Å². The predicted molar refractivity (Wildman–Crippen MR) is 91.4 cm³/mol. The van der Waals surface area contributed by atoms with Gasteiger partial charge in [0.1, 0.15) is 0 Å². The normalized spacial score (nSPS) is 11.8. The number of aromatic nitrogens is 4. The molecular formula is C17H15N5O5. The third-order valence-electron chi connectivity index (χ3n) is 3.83. The lowest BCUT2D eigenvalue weighted by atomic mass is 10.1. The third kappa shape index (κ3) is 3.59. The Morgan fingerprint density at radius 1 is 1.15 bits per heavy atom. The Bertz CT molecular complexity index is 1030. The van der Waals surface area contributed by atoms with Gasteiger partial charge in [-0.3, -0.25) is 4.79 Å². The van der Waals surface area contributed by atoms with Gasteiger partial charge in [-0.25, -0.2) is 14.6 Å². The van der Waals surface area contributed by atoms with Crippen LogP contribution in [0.4, 0.5) is 0 Å². The molecule has 0 aliphatic heterocycles. The summed E-state index contributed by atoms with van der Waals surface area (Å²) in [5, 5.41) is 15.8. The zero-order valence-corrected chi connectivity index (χ0v) is 14.4. The van der Waals surface area contributed by atoms with Gasteiger partial charge in [-0.1, -0.05) is 12.1 Å². The lowest BCUT2D eigenvalue weighted by Crippen LogP contribution is -2.29. The number of nitrogens with zero attached hydrogens (tertiary/aromatic N) is 4. The Morgan fingerprint density at radius 3 is 2.48 bits per heavy atom. The number of hydrogen-bond donors (Lipinski definition) is 2. The molecule has 3 aromatic rings. The van der Waals surface area contributed by atoms with Crippen molar-refractivity contribution in [1.29, 1.82) is 0 Å². The van der Waals surface area contributed by atoms with Crippen LogP contribution >= 0.6 is 0 Å². The van der Waals surface area contributed by atoms with Gasteiger partial charge in [0.25, 0.3) is 5.91 Å². The number of ether oxygens (including phenoxy) is 1. The molecule has 138 valence electrons. The van der Waals surface area contributed by atoms with Crippen LogP contribution in [0.1, 0.15) is 50.1 Å². The van der Waals surface area contributed by atoms with Crippen LogP contribution in [0.15, 0.2) is 36.5 Å². The number of aromatic carboxylic acids is 1. The monoisotopic (exact) mass is 369 g/mol. The molecule has 0 aliphatic carbocycles. The number of nitrogens with one attached hydrogen (secondary N) is 1. The van der Waals surface area contributed by atoms with Gasteiger partial charge in [0, 0.05) is 6.07 Å². The summed E-state index contributed by atoms with van der Waals surface area (Å²) < 4.78 is 5.67. The minimum Gasteiger partial charge on any atom is -0.475 e. The Hall–Kier alpha value is -3.82. The van der Waals surface area contributed by atoms with E-state index in [4.69, 9.17) is 0 Å². The minimum atomic E-state index is -1.33. The molecule has 0 bridgehead atoms. The zero-order chi connectivity index (χ0) is 19.6. The fraction of sp³-hybridized carbons (Fsp3) is 0.176. The van der Waals surface area contributed by atoms with Crippen molar-refractivity contribution in [3.8, 4) is 0 Å². The van der Waals surface area contributed by atoms with Crippen LogP contribution in [-0.4, -0.2) is 49.6 Å². The van der Waals surface area contributed by atoms with E-state index in [9.17, 15) is 19.5 Å². The maximum Gasteiger partial charge on any atom is 0.374 e. The molecule has 1 amide bonds. The number of carboxylic acids is 1. The molecule has 27 heavy (non-hydrogen) atoms. The summed E-state index contributed by atoms with van der Waals surface area (Å²) >= 11 is 0. The van der Waals surface area contributed by atoms with E-state index in [1.807, 2.05) is 0 Å². The quantitative estimate of drug-likeness (QED) is 0.638. The first-order valence-electron chi connectivity index (χ1n) is 7.85. The standard InChI is InChI=1S/C17H15N5O5/c1-9(10-3-5-11(6-4-10)17(26)27-2)19-15(23)13-20-12-7-8-18-22(12)14(21-13)16(24)25/h3-9H,1-2H3,(H,19,23)(H,24,25)/t9-/m0/s1. The van der Waals surface area contributed by atoms with Crippen LogP contribution in [0.5, 0.6) is 0 Å². The third-order valence-corrected chi connectivity index (χ3v) is 3.83. The van der Waals surface area contributed by atoms with Crippen molar-refractivity contribution >= 4 is 23.5 Å². The summed E-state index contributed by atoms with van der Waals surface area (Å²) in [7, 11) is 1.29. The molecule has 0 spiro atoms. The number of carboxylic acid groups (broad SMARTS) is 1. The molecule has 0 fully saturated rings. The zero-order valence-electron chi connectivity index (χ0n) is 14.4. The summed E-state index contributed by atoms with van der Waals surface area (Å²) in [5.41, 5.74) is 1.32. The largest absolute Gasteiger partial charge is 0.475 e. The fourth-order valence-corrected chi connectivity index (χ4v) is 2.44. The first-order chi connectivity index (χ1) is 12.9. The molecule has 10 nitrogen and oxygen atoms in total. The minimum absolute atomic E-state index is 0.197. The summed E-state index contributed by atoms with van der Waals surface area (Å²) in [5.74, 6) is -3.11. The highest BCUT2D eigenvalue weighted by Crippen LogP contribution is 2.15. The molecular weight excluding hydrogens is 354 g/mol. The molecule has 2 N–H and O–H groups in total. The number of amides is 1. The lowest BCUT2D eigenvalue weighted by molar-refractivity contribution is 0.0599. The smallest absolute Gasteiger partial charge is 0.374 e. The van der Waals surface area contributed by atoms with Gasteiger partial charge < -0.3 is 15.2 Å². The topological polar surface area (TPSA) is 136 Å². The van der Waals surface area contributed by atoms with Crippen LogP contribution in [0.3, 0.4) is 0 Å². The van der Waals surface area contributed by atoms with Crippen LogP contribution in [0.2, 0.25) is 0 Å². The Balaban J connectivity index is 1.81. The first-order valence-corrected chi connectivity index (χ1v) is 7.85. The van der Waals surface area contributed by atoms with E-state index in [1.165, 1.54) is 19.4 Å². The van der Waals surface area contributed by atoms with Crippen molar-refractivity contribution in [1.82, 2.24) is 24.9 Å². The van der Waals surface area contributed by atoms with Gasteiger partial charge in [0.15, 0.2) is 5.65 Å². The van der Waals surface area contributed by atoms with Crippen molar-refractivity contribution in [2.45, 2.75) is 13.0 Å². The van der Waals surface area contributed by atoms with Crippen LogP contribution in [-0.2, 0) is 4.74 Å². The molecule has 1 atom stereocenters. The molecule has 0 saturated heterocycles. The maximum absolute atomic E-state index is 12.5. The van der Waals surface area contributed by atoms with Crippen molar-refractivity contribution in [2.24, 2.45) is 0 Å². The maximum atomic E-state index is 12.5. The van der Waals surface area contributed by atoms with Crippen LogP contribution < -0.4 is 5.32 Å². The Labute approximate surface area is 152 Å². The van der Waals surface area contributed by atoms with Gasteiger partial charge in [-0.05, 0) is 24.6 Å². The predicted octanol–water partition coefficient (Wildman–Crippen LogP) is 1.10. The van der Waals surface area contributed by atoms with Gasteiger partial charge >= 0.3 is 11.9 Å². The van der Waals surface area contributed by atoms with Crippen LogP contribution in [0, 0.1) is 0 Å². The van der Waals surface area contributed by atoms with E-state index in [0.717, 1.165) is 10.1 Å². The number of carbonyl (C=O) groups is 3. The number of rotatable bonds is 5. The second-order valence-electron chi connectivity index (χ2n) is 5.59. The van der Waals surface area contributed by atoms with E-state index >= 15 is 0 Å². The molecule has 2 heterocycles. The van der Waals surface area contributed by atoms with Crippen LogP contribution in [0.25, 0.3) is 5.65 Å². The number of hydrogen-bond acceptors (Lipinski definition) is 7. The average Bonchev–Trinajstić information content (AvgIpc) is 3.15. The van der Waals surface area contributed by atoms with Gasteiger partial charge in [0.2, 0.25) is 11.6 Å². The summed E-state index contributed by atoms with van der Waals surface area (Å²) in [6.45, 7) is 1.74. The summed E-state index contributed by atoms with van der Waals surface area (Å²) in [6.07, 6.45) is 1.36. The first kappa shape index (κ1) is 18.0. The second-order valence-corrected chi connectivity index (χ2v) is 5.59. The number of fused-ring (bicyclic) bond motifs is 1. The molecule has 0 unspecified atom stereocenters. The van der Waals surface area contributed by atoms with E-state index in [0.29, 0.717) is 5.56 Å². The highest BCUT2D eigenvalue weighted by atomic mass is 16.5. The van der Waals surface area contributed by atoms with E-state index in [-0.39, 0.29) is 11.5 Å². The average molecular weight is 369 g/mol. The highest BCUT2D eigenvalue weighted by molar-refractivity contribution is 5.93. The number of esters is 1. The Kier molecular flexibility index (Phi) is 4.79. The second kappa shape index (κ2) is 7.20. The van der Waals surface area contributed by atoms with Crippen molar-refractivity contribution in [2.75, 3.05) is 7.11 Å². The number of benzene rings is 1. The van der Waals surface area contributed by atoms with E-state index < -0.39 is 29.7 Å². The van der Waals surface area contributed by atoms with Crippen molar-refractivity contribution in [3.63, 3.8) is 0 Å². The van der Waals surface area contributed by atoms with Gasteiger partial charge in [0.05, 0.1) is 24.9 Å². The SMILES string of the molecule is COC(=O)c1ccc([C@H](C)NC(=O)c2nc(C(=O)O)n3nccc3n2)cc1. The number of methoxy groups -OCH3 is 1. The molecule has 0 saturated carbocycles. The lowest BCUT2D eigenvalue weighted by Gasteiger charge is -2.14. The molecule has 10 heteroatoms. The van der Waals surface area contributed by atoms with E-state index in [2.05, 4.69) is 25.1 Å². The molecule has 1 aromatic carbocycles. The summed E-state index contributed by atoms with van der Waals surface area (Å²) in [4.78, 5) is 43.1. The molecule has 3 rings (SSSR count). The fourth-order valence-electron chi connectivity index (χ4n) is 2.44. The van der Waals surface area contributed by atoms with E-state index in [1.54, 1.807) is 31.2 Å². The summed E-state index contributed by atoms with van der Waals surface area (Å²) in [6, 6.07) is 7.58. The van der Waals surface area contributed by atoms with Crippen molar-refractivity contribution < 1.29 is 24.2 Å².